The molecule has 8 heteroatoms. The zero-order valence-corrected chi connectivity index (χ0v) is 7.43. The van der Waals surface area contributed by atoms with Crippen molar-refractivity contribution in [2.75, 3.05) is 0 Å². The Morgan fingerprint density at radius 3 is 2.62 bits per heavy atom. The summed E-state index contributed by atoms with van der Waals surface area (Å²) >= 11 is 1.76. The fourth-order valence-corrected chi connectivity index (χ4v) is 0.726. The van der Waals surface area contributed by atoms with Crippen molar-refractivity contribution in [1.29, 1.82) is 0 Å². The van der Waals surface area contributed by atoms with Gasteiger partial charge in [-0.1, -0.05) is 0 Å². The molecule has 0 saturated carbocycles. The van der Waals surface area contributed by atoms with E-state index in [0.717, 1.165) is 6.07 Å². The van der Waals surface area contributed by atoms with E-state index in [-0.39, 0.29) is 16.9 Å². The molecule has 13 heavy (non-hydrogen) atoms. The van der Waals surface area contributed by atoms with Gasteiger partial charge < -0.3 is 5.48 Å². The van der Waals surface area contributed by atoms with Gasteiger partial charge >= 0.3 is 74.7 Å². The second kappa shape index (κ2) is 4.62. The molecule has 0 aliphatic heterocycles. The molecule has 0 bridgehead atoms. The molecule has 4 N–H and O–H groups in total. The molecule has 0 aromatic carbocycles. The van der Waals surface area contributed by atoms with E-state index in [1.165, 1.54) is 0 Å². The summed E-state index contributed by atoms with van der Waals surface area (Å²) in [5.41, 5.74) is -0.220. The number of rotatable bonds is 2. The summed E-state index contributed by atoms with van der Waals surface area (Å²) in [6.45, 7) is 0. The van der Waals surface area contributed by atoms with Crippen molar-refractivity contribution in [2.45, 2.75) is 0 Å². The van der Waals surface area contributed by atoms with Crippen LogP contribution >= 0.6 is 0 Å². The molecule has 0 aliphatic rings. The van der Waals surface area contributed by atoms with Gasteiger partial charge in [0, 0.05) is 0 Å². The molecule has 0 aliphatic carbocycles. The maximum absolute atomic E-state index is 10.7. The van der Waals surface area contributed by atoms with Crippen molar-refractivity contribution < 1.29 is 24.0 Å². The van der Waals surface area contributed by atoms with Crippen LogP contribution < -0.4 is 0 Å². The van der Waals surface area contributed by atoms with Crippen LogP contribution in [0, 0.1) is 0 Å². The Hall–Kier alpha value is -1.36. The number of nitrogens with zero attached hydrogens (tertiary/aromatic N) is 1. The van der Waals surface area contributed by atoms with Gasteiger partial charge in [-0.3, -0.25) is 0 Å². The first-order valence-corrected chi connectivity index (χ1v) is 3.32. The number of carbonyl (C=O) groups is 2. The third-order valence-electron chi connectivity index (χ3n) is 1.12. The molecule has 1 aromatic rings. The Morgan fingerprint density at radius 1 is 1.62 bits per heavy atom. The number of nitrogens with one attached hydrogen (secondary N) is 1. The van der Waals surface area contributed by atoms with Gasteiger partial charge in [0.25, 0.3) is 0 Å². The zero-order valence-electron chi connectivity index (χ0n) is 6.27. The van der Waals surface area contributed by atoms with Gasteiger partial charge in [0.05, 0.1) is 0 Å². The van der Waals surface area contributed by atoms with Crippen LogP contribution in [-0.2, 0) is 3.79 Å². The van der Waals surface area contributed by atoms with Crippen LogP contribution in [-0.4, -0.2) is 49.3 Å². The van der Waals surface area contributed by atoms with Crippen LogP contribution in [0.4, 0.5) is 0 Å². The Morgan fingerprint density at radius 2 is 2.23 bits per heavy atom. The van der Waals surface area contributed by atoms with Crippen molar-refractivity contribution >= 4 is 28.6 Å². The van der Waals surface area contributed by atoms with E-state index >= 15 is 0 Å². The predicted molar refractivity (Wildman–Crippen MR) is 40.3 cm³/mol. The predicted octanol–water partition coefficient (Wildman–Crippen LogP) is -1.48. The zero-order chi connectivity index (χ0) is 9.14. The Bertz CT molecular complexity index is 322. The van der Waals surface area contributed by atoms with Gasteiger partial charge in [-0.25, -0.2) is 0 Å². The second-order valence-electron chi connectivity index (χ2n) is 1.88. The Kier molecular flexibility index (Phi) is 4.13. The molecule has 1 rings (SSSR count). The number of aromatic nitrogens is 2. The summed E-state index contributed by atoms with van der Waals surface area (Å²) in [6.07, 6.45) is 0. The molecule has 1 heterocycles. The fraction of sp³-hybridized carbons (Fsp3) is 0. The normalized spacial score (nSPS) is 8.54. The van der Waals surface area contributed by atoms with E-state index in [0.29, 0.717) is 0 Å². The van der Waals surface area contributed by atoms with E-state index < -0.39 is 11.9 Å². The number of carbonyl (C=O) groups excluding carboxylic acids is 1. The van der Waals surface area contributed by atoms with Crippen LogP contribution in [0.2, 0.25) is 0 Å². The molecule has 1 aromatic heterocycles. The standard InChI is InChI=1S/C5H4N2O4.Al.H2O/c8-4(9)2-1-3(5(10)11)7-6-2;;/h1H,(H,6,7)(H,8,9)(H,10,11);;1H2/q;+2;/p-1. The maximum atomic E-state index is 10.7. The van der Waals surface area contributed by atoms with E-state index in [1.807, 2.05) is 0 Å². The summed E-state index contributed by atoms with van der Waals surface area (Å²) in [7, 11) is 0. The number of H-pyrrole nitrogens is 1. The molecule has 0 atom stereocenters. The minimum absolute atomic E-state index is 0. The van der Waals surface area contributed by atoms with Gasteiger partial charge in [0.1, 0.15) is 0 Å². The minimum atomic E-state index is -1.20. The third kappa shape index (κ3) is 2.55. The van der Waals surface area contributed by atoms with Gasteiger partial charge in [0.2, 0.25) is 0 Å². The average Bonchev–Trinajstić information content (AvgIpc) is 2.51. The molecule has 0 unspecified atom stereocenters. The summed E-state index contributed by atoms with van der Waals surface area (Å²) in [5.74, 6) is -1.88. The number of carboxylic acids is 1. The van der Waals surface area contributed by atoms with E-state index in [4.69, 9.17) is 5.11 Å². The topological polar surface area (TPSA) is 124 Å². The molecule has 0 fully saturated rings. The second-order valence-corrected chi connectivity index (χ2v) is 2.11. The Balaban J connectivity index is 0.00000144. The van der Waals surface area contributed by atoms with Crippen LogP contribution in [0.1, 0.15) is 21.0 Å². The van der Waals surface area contributed by atoms with Crippen molar-refractivity contribution in [2.24, 2.45) is 0 Å². The summed E-state index contributed by atoms with van der Waals surface area (Å²) in [4.78, 5) is 21.0. The van der Waals surface area contributed by atoms with Crippen LogP contribution in [0.15, 0.2) is 6.07 Å². The molecule has 0 amide bonds. The van der Waals surface area contributed by atoms with Gasteiger partial charge in [-0.15, -0.1) is 0 Å². The summed E-state index contributed by atoms with van der Waals surface area (Å²) in [6, 6.07) is 1.09. The quantitative estimate of drug-likeness (QED) is 0.563. The molecule has 0 saturated heterocycles. The number of carboxylic acid groups (broad SMARTS) is 1. The number of hydrogen-bond acceptors (Lipinski definition) is 4. The molecule has 1 radical (unpaired) electrons. The number of aromatic carboxylic acids is 1. The van der Waals surface area contributed by atoms with Crippen molar-refractivity contribution in [3.63, 3.8) is 0 Å². The third-order valence-corrected chi connectivity index (χ3v) is 1.34. The van der Waals surface area contributed by atoms with E-state index in [9.17, 15) is 9.59 Å². The number of hydrogen-bond donors (Lipinski definition) is 2. The van der Waals surface area contributed by atoms with Crippen LogP contribution in [0.5, 0.6) is 0 Å². The van der Waals surface area contributed by atoms with Crippen LogP contribution in [0.3, 0.4) is 0 Å². The SMILES string of the molecule is O.O=C(O)c1cc(C(=O)[O][Al+])[nH]n1. The summed E-state index contributed by atoms with van der Waals surface area (Å²) < 4.78 is 4.24. The van der Waals surface area contributed by atoms with E-state index in [1.54, 1.807) is 16.6 Å². The van der Waals surface area contributed by atoms with Crippen molar-refractivity contribution in [3.05, 3.63) is 17.5 Å². The first-order valence-electron chi connectivity index (χ1n) is 2.85. The van der Waals surface area contributed by atoms with Crippen LogP contribution in [0.25, 0.3) is 0 Å². The van der Waals surface area contributed by atoms with Gasteiger partial charge in [-0.05, 0) is 0 Å². The van der Waals surface area contributed by atoms with Gasteiger partial charge in [-0.2, -0.15) is 0 Å². The monoisotopic (exact) mass is 200 g/mol. The van der Waals surface area contributed by atoms with Gasteiger partial charge in [0.15, 0.2) is 0 Å². The molecule has 0 spiro atoms. The van der Waals surface area contributed by atoms with Crippen molar-refractivity contribution in [3.8, 4) is 0 Å². The summed E-state index contributed by atoms with van der Waals surface area (Å²) in [5, 5.41) is 14.0. The Labute approximate surface area is 80.8 Å². The molecule has 7 nitrogen and oxygen atoms in total. The van der Waals surface area contributed by atoms with E-state index in [2.05, 4.69) is 14.0 Å². The molecular formula is C5H5AlN2O5+. The molecule has 67 valence electrons. The average molecular weight is 200 g/mol. The number of aromatic amines is 1. The fourth-order valence-electron chi connectivity index (χ4n) is 0.599. The molecular weight excluding hydrogens is 195 g/mol. The van der Waals surface area contributed by atoms with Crippen molar-refractivity contribution in [1.82, 2.24) is 10.2 Å². The first-order chi connectivity index (χ1) is 5.65. The first kappa shape index (κ1) is 11.6.